The Morgan fingerprint density at radius 2 is 1.38 bits per heavy atom. The van der Waals surface area contributed by atoms with E-state index >= 15 is 0 Å². The average molecular weight is 472 g/mol. The zero-order valence-electron chi connectivity index (χ0n) is 23.8. The van der Waals surface area contributed by atoms with Crippen molar-refractivity contribution in [3.05, 3.63) is 0 Å². The molecule has 10 atom stereocenters. The van der Waals surface area contributed by atoms with Gasteiger partial charge in [0.05, 0.1) is 11.8 Å². The third kappa shape index (κ3) is 3.07. The van der Waals surface area contributed by atoms with Crippen LogP contribution in [0.1, 0.15) is 120 Å². The summed E-state index contributed by atoms with van der Waals surface area (Å²) in [5.74, 6) is 2.43. The van der Waals surface area contributed by atoms with Gasteiger partial charge in [0.2, 0.25) is 0 Å². The molecule has 0 spiro atoms. The minimum atomic E-state index is -0.460. The van der Waals surface area contributed by atoms with Gasteiger partial charge in [0.25, 0.3) is 0 Å². The second-order valence-electron chi connectivity index (χ2n) is 15.7. The van der Waals surface area contributed by atoms with Gasteiger partial charge in [-0.15, -0.1) is 0 Å². The van der Waals surface area contributed by atoms with Crippen LogP contribution in [-0.2, 0) is 4.84 Å². The average Bonchev–Trinajstić information content (AvgIpc) is 2.76. The van der Waals surface area contributed by atoms with Crippen molar-refractivity contribution in [3.8, 4) is 0 Å². The molecular weight excluding hydrogens is 418 g/mol. The highest BCUT2D eigenvalue weighted by molar-refractivity contribution is 5.91. The van der Waals surface area contributed by atoms with E-state index in [0.29, 0.717) is 33.0 Å². The van der Waals surface area contributed by atoms with E-state index in [2.05, 4.69) is 60.5 Å². The zero-order valence-corrected chi connectivity index (χ0v) is 23.8. The number of fused-ring (bicyclic) bond motifs is 7. The van der Waals surface area contributed by atoms with Crippen LogP contribution in [0.4, 0.5) is 0 Å². The monoisotopic (exact) mass is 471 g/mol. The molecule has 3 heteroatoms. The summed E-state index contributed by atoms with van der Waals surface area (Å²) in [7, 11) is 1.62. The number of rotatable bonds is 1. The molecule has 0 radical (unpaired) electrons. The van der Waals surface area contributed by atoms with Gasteiger partial charge < -0.3 is 9.94 Å². The second-order valence-corrected chi connectivity index (χ2v) is 15.7. The molecule has 5 fully saturated rings. The Morgan fingerprint density at radius 3 is 2.06 bits per heavy atom. The molecule has 10 unspecified atom stereocenters. The maximum atomic E-state index is 11.2. The summed E-state index contributed by atoms with van der Waals surface area (Å²) in [6, 6.07) is 0. The molecule has 0 saturated heterocycles. The summed E-state index contributed by atoms with van der Waals surface area (Å²) in [5, 5.41) is 15.5. The molecule has 34 heavy (non-hydrogen) atoms. The molecule has 0 aliphatic heterocycles. The van der Waals surface area contributed by atoms with Crippen LogP contribution in [0.3, 0.4) is 0 Å². The molecule has 3 nitrogen and oxygen atoms in total. The molecule has 5 rings (SSSR count). The molecule has 5 aliphatic rings. The van der Waals surface area contributed by atoms with Crippen molar-refractivity contribution >= 4 is 5.71 Å². The van der Waals surface area contributed by atoms with E-state index in [4.69, 9.17) is 4.84 Å². The number of aliphatic hydroxyl groups is 1. The summed E-state index contributed by atoms with van der Waals surface area (Å²) in [6.07, 6.45) is 12.7. The van der Waals surface area contributed by atoms with E-state index < -0.39 is 6.10 Å². The van der Waals surface area contributed by atoms with Gasteiger partial charge in [-0.05, 0) is 114 Å². The van der Waals surface area contributed by atoms with Gasteiger partial charge in [0.15, 0.2) is 0 Å². The quantitative estimate of drug-likeness (QED) is 0.395. The first-order valence-electron chi connectivity index (χ1n) is 14.5. The van der Waals surface area contributed by atoms with Crippen molar-refractivity contribution in [1.82, 2.24) is 0 Å². The van der Waals surface area contributed by atoms with E-state index in [9.17, 15) is 5.11 Å². The number of oxime groups is 1. The Balaban J connectivity index is 1.54. The van der Waals surface area contributed by atoms with E-state index in [-0.39, 0.29) is 11.3 Å². The molecule has 0 amide bonds. The molecule has 5 aliphatic carbocycles. The van der Waals surface area contributed by atoms with Crippen LogP contribution in [0.25, 0.3) is 0 Å². The van der Waals surface area contributed by atoms with E-state index in [1.165, 1.54) is 57.8 Å². The van der Waals surface area contributed by atoms with Crippen molar-refractivity contribution in [2.24, 2.45) is 61.3 Å². The van der Waals surface area contributed by atoms with Gasteiger partial charge in [-0.2, -0.15) is 0 Å². The smallest absolute Gasteiger partial charge is 0.106 e. The Hall–Kier alpha value is -0.570. The maximum absolute atomic E-state index is 11.2. The van der Waals surface area contributed by atoms with Gasteiger partial charge in [0.1, 0.15) is 7.11 Å². The predicted molar refractivity (Wildman–Crippen MR) is 141 cm³/mol. The van der Waals surface area contributed by atoms with Gasteiger partial charge in [-0.3, -0.25) is 0 Å². The highest BCUT2D eigenvalue weighted by Gasteiger charge is 2.71. The molecular formula is C31H53NO2. The van der Waals surface area contributed by atoms with Gasteiger partial charge in [0, 0.05) is 5.92 Å². The Labute approximate surface area is 209 Å². The standard InChI is InChI=1S/C31H53NO2/c1-20-25(32-34-9)21(33)18-23-28(20,5)11-10-22-29(23,6)15-17-31(8)24-19-26(2,3)12-13-27(24,4)14-16-30(22,31)7/h20-24,33H,10-19H2,1-9H3. The number of hydrogen-bond donors (Lipinski definition) is 1. The molecule has 5 saturated carbocycles. The van der Waals surface area contributed by atoms with E-state index in [0.717, 1.165) is 24.0 Å². The molecule has 0 aromatic carbocycles. The van der Waals surface area contributed by atoms with Gasteiger partial charge in [-0.25, -0.2) is 0 Å². The van der Waals surface area contributed by atoms with Crippen molar-refractivity contribution in [1.29, 1.82) is 0 Å². The third-order valence-corrected chi connectivity index (χ3v) is 14.0. The number of aliphatic hydroxyl groups excluding tert-OH is 1. The van der Waals surface area contributed by atoms with E-state index in [1.54, 1.807) is 7.11 Å². The van der Waals surface area contributed by atoms with Crippen LogP contribution in [0, 0.1) is 56.2 Å². The largest absolute Gasteiger partial charge is 0.399 e. The fourth-order valence-electron chi connectivity index (χ4n) is 11.4. The van der Waals surface area contributed by atoms with Gasteiger partial charge >= 0.3 is 0 Å². The van der Waals surface area contributed by atoms with Crippen LogP contribution in [0.15, 0.2) is 5.16 Å². The first-order chi connectivity index (χ1) is 15.7. The Morgan fingerprint density at radius 1 is 0.765 bits per heavy atom. The lowest BCUT2D eigenvalue weighted by molar-refractivity contribution is -0.256. The third-order valence-electron chi connectivity index (χ3n) is 14.0. The highest BCUT2D eigenvalue weighted by atomic mass is 16.6. The maximum Gasteiger partial charge on any atom is 0.106 e. The lowest BCUT2D eigenvalue weighted by Gasteiger charge is -2.75. The summed E-state index contributed by atoms with van der Waals surface area (Å²) >= 11 is 0. The Kier molecular flexibility index (Phi) is 5.52. The summed E-state index contributed by atoms with van der Waals surface area (Å²) in [5.41, 5.74) is 3.22. The highest BCUT2D eigenvalue weighted by Crippen LogP contribution is 2.78. The Bertz CT molecular complexity index is 865. The first-order valence-corrected chi connectivity index (χ1v) is 14.5. The van der Waals surface area contributed by atoms with Crippen LogP contribution in [0.5, 0.6) is 0 Å². The van der Waals surface area contributed by atoms with Crippen molar-refractivity contribution in [2.45, 2.75) is 126 Å². The number of hydrogen-bond acceptors (Lipinski definition) is 3. The molecule has 0 aromatic heterocycles. The van der Waals surface area contributed by atoms with Crippen LogP contribution >= 0.6 is 0 Å². The normalized spacial score (nSPS) is 57.7. The first kappa shape index (κ1) is 25.1. The SMILES string of the molecule is CON=C1C(O)CC2C(C)(CCC3C2(C)CCC2(C)C4CC(C)(C)CCC4(C)CCC32C)C1C. The topological polar surface area (TPSA) is 41.8 Å². The molecule has 0 aromatic rings. The van der Waals surface area contributed by atoms with Crippen LogP contribution in [0.2, 0.25) is 0 Å². The summed E-state index contributed by atoms with van der Waals surface area (Å²) < 4.78 is 0. The molecule has 0 bridgehead atoms. The van der Waals surface area contributed by atoms with Crippen LogP contribution in [-0.4, -0.2) is 24.0 Å². The lowest BCUT2D eigenvalue weighted by Crippen LogP contribution is -2.68. The summed E-state index contributed by atoms with van der Waals surface area (Å²) in [4.78, 5) is 5.18. The molecule has 0 heterocycles. The van der Waals surface area contributed by atoms with Crippen molar-refractivity contribution in [2.75, 3.05) is 7.11 Å². The minimum Gasteiger partial charge on any atom is -0.399 e. The van der Waals surface area contributed by atoms with Crippen molar-refractivity contribution < 1.29 is 9.94 Å². The number of nitrogens with zero attached hydrogens (tertiary/aromatic N) is 1. The second kappa shape index (κ2) is 7.48. The minimum absolute atomic E-state index is 0.196. The van der Waals surface area contributed by atoms with Crippen molar-refractivity contribution in [3.63, 3.8) is 0 Å². The molecule has 194 valence electrons. The fraction of sp³-hybridized carbons (Fsp3) is 0.968. The zero-order chi connectivity index (χ0) is 24.9. The van der Waals surface area contributed by atoms with E-state index in [1.807, 2.05) is 0 Å². The van der Waals surface area contributed by atoms with Crippen LogP contribution < -0.4 is 0 Å². The van der Waals surface area contributed by atoms with Gasteiger partial charge in [-0.1, -0.05) is 60.5 Å². The molecule has 1 N–H and O–H groups in total. The summed E-state index contributed by atoms with van der Waals surface area (Å²) in [6.45, 7) is 20.6. The predicted octanol–water partition coefficient (Wildman–Crippen LogP) is 7.86. The fourth-order valence-corrected chi connectivity index (χ4v) is 11.4. The lowest BCUT2D eigenvalue weighted by atomic mass is 9.30.